The summed E-state index contributed by atoms with van der Waals surface area (Å²) in [5.41, 5.74) is 3.93. The molecule has 6 atom stereocenters. The second-order valence-electron chi connectivity index (χ2n) is 8.70. The number of rotatable bonds is 10. The SMILES string of the molecule is CNc1nc(N)nc2c1ncn2[C@@H]1O[C@H](COP(=O)(N[C@H](C)C(=O)OC)Oc2ccccc2)[C@@H](O)[C@@]1(C)F. The number of anilines is 2. The van der Waals surface area contributed by atoms with E-state index in [4.69, 9.17) is 19.5 Å². The molecule has 1 fully saturated rings. The van der Waals surface area contributed by atoms with Gasteiger partial charge in [-0.3, -0.25) is 13.9 Å². The van der Waals surface area contributed by atoms with Gasteiger partial charge in [-0.05, 0) is 26.0 Å². The van der Waals surface area contributed by atoms with Crippen molar-refractivity contribution in [2.45, 2.75) is 44.0 Å². The molecule has 5 N–H and O–H groups in total. The first-order valence-electron chi connectivity index (χ1n) is 11.5. The topological polar surface area (TPSA) is 185 Å². The van der Waals surface area contributed by atoms with Gasteiger partial charge in [0.05, 0.1) is 20.0 Å². The number of esters is 1. The Labute approximate surface area is 217 Å². The molecule has 1 aromatic carbocycles. The van der Waals surface area contributed by atoms with E-state index in [0.29, 0.717) is 11.3 Å². The fourth-order valence-corrected chi connectivity index (χ4v) is 5.48. The summed E-state index contributed by atoms with van der Waals surface area (Å²) in [7, 11) is -1.46. The van der Waals surface area contributed by atoms with Crippen LogP contribution in [0.4, 0.5) is 16.2 Å². The number of nitrogen functional groups attached to an aromatic ring is 1. The number of carbonyl (C=O) groups is 1. The Balaban J connectivity index is 1.57. The molecule has 0 amide bonds. The quantitative estimate of drug-likeness (QED) is 0.211. The van der Waals surface area contributed by atoms with E-state index >= 15 is 4.39 Å². The third-order valence-electron chi connectivity index (χ3n) is 5.93. The molecule has 1 aliphatic rings. The van der Waals surface area contributed by atoms with Gasteiger partial charge in [0.15, 0.2) is 28.9 Å². The van der Waals surface area contributed by atoms with Crippen molar-refractivity contribution >= 4 is 36.6 Å². The fourth-order valence-electron chi connectivity index (χ4n) is 3.98. The van der Waals surface area contributed by atoms with Crippen LogP contribution in [-0.2, 0) is 23.4 Å². The first-order valence-corrected chi connectivity index (χ1v) is 13.1. The highest BCUT2D eigenvalue weighted by molar-refractivity contribution is 7.52. The number of fused-ring (bicyclic) bond motifs is 1. The predicted octanol–water partition coefficient (Wildman–Crippen LogP) is 1.79. The molecule has 1 saturated heterocycles. The Hall–Kier alpha value is -3.36. The van der Waals surface area contributed by atoms with Gasteiger partial charge in [0, 0.05) is 7.05 Å². The van der Waals surface area contributed by atoms with Gasteiger partial charge in [-0.1, -0.05) is 18.2 Å². The summed E-state index contributed by atoms with van der Waals surface area (Å²) in [5, 5.41) is 16.1. The second-order valence-corrected chi connectivity index (χ2v) is 10.4. The van der Waals surface area contributed by atoms with E-state index in [1.807, 2.05) is 0 Å². The minimum Gasteiger partial charge on any atom is -0.468 e. The molecule has 206 valence electrons. The number of methoxy groups -OCH3 is 1. The van der Waals surface area contributed by atoms with Gasteiger partial charge >= 0.3 is 13.7 Å². The first kappa shape index (κ1) is 27.7. The number of hydrogen-bond acceptors (Lipinski definition) is 12. The molecule has 14 nitrogen and oxygen atoms in total. The number of ether oxygens (including phenoxy) is 2. The van der Waals surface area contributed by atoms with E-state index in [9.17, 15) is 14.5 Å². The molecule has 0 spiro atoms. The van der Waals surface area contributed by atoms with Crippen molar-refractivity contribution < 1.29 is 37.4 Å². The van der Waals surface area contributed by atoms with Crippen LogP contribution in [0.5, 0.6) is 5.75 Å². The zero-order valence-electron chi connectivity index (χ0n) is 21.1. The molecular formula is C22H29FN7O7P. The number of nitrogens with zero attached hydrogens (tertiary/aromatic N) is 4. The Kier molecular flexibility index (Phi) is 7.85. The van der Waals surface area contributed by atoms with Crippen molar-refractivity contribution in [2.24, 2.45) is 0 Å². The number of imidazole rings is 1. The van der Waals surface area contributed by atoms with Crippen molar-refractivity contribution in [2.75, 3.05) is 31.8 Å². The van der Waals surface area contributed by atoms with Crippen LogP contribution >= 0.6 is 7.75 Å². The maximum atomic E-state index is 15.9. The third-order valence-corrected chi connectivity index (χ3v) is 7.57. The zero-order valence-corrected chi connectivity index (χ0v) is 22.0. The lowest BCUT2D eigenvalue weighted by Crippen LogP contribution is -2.41. The molecule has 0 saturated carbocycles. The molecule has 16 heteroatoms. The standard InChI is InChI=1S/C22H29FN7O7P/c1-12(19(32)34-4)29-38(33,37-13-8-6-5-7-9-13)35-10-14-16(31)22(2,23)20(36-14)30-11-26-15-17(25-3)27-21(24)28-18(15)30/h5-9,11-12,14,16,20,31H,10H2,1-4H3,(H,29,33)(H3,24,25,27,28)/t12-,14-,16-,20-,22-,38?/m1/s1. The first-order chi connectivity index (χ1) is 18.0. The normalized spacial score (nSPS) is 25.6. The number of alkyl halides is 1. The molecule has 38 heavy (non-hydrogen) atoms. The van der Waals surface area contributed by atoms with Gasteiger partial charge in [-0.25, -0.2) is 13.9 Å². The van der Waals surface area contributed by atoms with E-state index in [-0.39, 0.29) is 17.3 Å². The van der Waals surface area contributed by atoms with E-state index in [1.165, 1.54) is 37.1 Å². The number of aliphatic hydroxyl groups excluding tert-OH is 1. The summed E-state index contributed by atoms with van der Waals surface area (Å²) in [6.07, 6.45) is -3.11. The lowest BCUT2D eigenvalue weighted by Gasteiger charge is -2.25. The summed E-state index contributed by atoms with van der Waals surface area (Å²) in [6.45, 7) is 1.99. The minimum absolute atomic E-state index is 0.0765. The molecule has 3 aromatic rings. The largest absolute Gasteiger partial charge is 0.468 e. The highest BCUT2D eigenvalue weighted by atomic mass is 31.2. The van der Waals surface area contributed by atoms with E-state index in [0.717, 1.165) is 6.92 Å². The van der Waals surface area contributed by atoms with Crippen LogP contribution in [0.15, 0.2) is 36.7 Å². The lowest BCUT2D eigenvalue weighted by molar-refractivity contribution is -0.142. The molecule has 1 unspecified atom stereocenters. The predicted molar refractivity (Wildman–Crippen MR) is 134 cm³/mol. The fraction of sp³-hybridized carbons (Fsp3) is 0.455. The van der Waals surface area contributed by atoms with Crippen LogP contribution in [0.1, 0.15) is 20.1 Å². The van der Waals surface area contributed by atoms with Crippen molar-refractivity contribution in [3.63, 3.8) is 0 Å². The molecule has 4 rings (SSSR count). The van der Waals surface area contributed by atoms with E-state index in [1.54, 1.807) is 25.2 Å². The van der Waals surface area contributed by atoms with Gasteiger partial charge in [0.2, 0.25) is 5.95 Å². The molecule has 0 bridgehead atoms. The number of hydrogen-bond donors (Lipinski definition) is 4. The minimum atomic E-state index is -4.25. The van der Waals surface area contributed by atoms with Gasteiger partial charge in [-0.2, -0.15) is 15.1 Å². The monoisotopic (exact) mass is 553 g/mol. The van der Waals surface area contributed by atoms with Crippen molar-refractivity contribution in [3.8, 4) is 5.75 Å². The maximum Gasteiger partial charge on any atom is 0.459 e. The lowest BCUT2D eigenvalue weighted by atomic mass is 9.98. The molecular weight excluding hydrogens is 524 g/mol. The smallest absolute Gasteiger partial charge is 0.459 e. The molecule has 0 aliphatic carbocycles. The van der Waals surface area contributed by atoms with E-state index < -0.39 is 50.5 Å². The second kappa shape index (κ2) is 10.8. The summed E-state index contributed by atoms with van der Waals surface area (Å²) in [5.74, 6) is -0.278. The van der Waals surface area contributed by atoms with Crippen molar-refractivity contribution in [1.29, 1.82) is 0 Å². The molecule has 1 aliphatic heterocycles. The van der Waals surface area contributed by atoms with Gasteiger partial charge in [0.1, 0.15) is 24.0 Å². The Morgan fingerprint density at radius 1 is 1.37 bits per heavy atom. The number of aliphatic hydroxyl groups is 1. The highest BCUT2D eigenvalue weighted by Crippen LogP contribution is 2.48. The number of para-hydroxylation sites is 1. The van der Waals surface area contributed by atoms with Crippen LogP contribution in [-0.4, -0.2) is 75.3 Å². The number of benzene rings is 1. The average molecular weight is 553 g/mol. The number of carbonyl (C=O) groups excluding carboxylic acids is 1. The maximum absolute atomic E-state index is 15.9. The Bertz CT molecular complexity index is 1340. The van der Waals surface area contributed by atoms with Gasteiger partial charge in [-0.15, -0.1) is 0 Å². The van der Waals surface area contributed by atoms with Crippen molar-refractivity contribution in [1.82, 2.24) is 24.6 Å². The van der Waals surface area contributed by atoms with Gasteiger partial charge < -0.3 is 30.2 Å². The van der Waals surface area contributed by atoms with Crippen LogP contribution in [0, 0.1) is 0 Å². The van der Waals surface area contributed by atoms with Crippen LogP contribution in [0.3, 0.4) is 0 Å². The summed E-state index contributed by atoms with van der Waals surface area (Å²) >= 11 is 0. The molecule has 0 radical (unpaired) electrons. The number of nitrogens with one attached hydrogen (secondary N) is 2. The number of halogens is 1. The highest BCUT2D eigenvalue weighted by Gasteiger charge is 2.56. The number of aromatic nitrogens is 4. The third kappa shape index (κ3) is 5.42. The number of nitrogens with two attached hydrogens (primary N) is 1. The van der Waals surface area contributed by atoms with Crippen LogP contribution in [0.25, 0.3) is 11.2 Å². The molecule has 2 aromatic heterocycles. The van der Waals surface area contributed by atoms with Crippen molar-refractivity contribution in [3.05, 3.63) is 36.7 Å². The molecule has 3 heterocycles. The average Bonchev–Trinajstić information content (AvgIpc) is 3.39. The summed E-state index contributed by atoms with van der Waals surface area (Å²) in [6, 6.07) is 7.02. The zero-order chi connectivity index (χ0) is 27.7. The summed E-state index contributed by atoms with van der Waals surface area (Å²) in [4.78, 5) is 24.3. The Morgan fingerprint density at radius 2 is 2.08 bits per heavy atom. The van der Waals surface area contributed by atoms with Crippen LogP contribution < -0.4 is 20.7 Å². The summed E-state index contributed by atoms with van der Waals surface area (Å²) < 4.78 is 52.3. The van der Waals surface area contributed by atoms with Gasteiger partial charge in [0.25, 0.3) is 0 Å². The van der Waals surface area contributed by atoms with Crippen LogP contribution in [0.2, 0.25) is 0 Å². The van der Waals surface area contributed by atoms with E-state index in [2.05, 4.69) is 30.1 Å². The Morgan fingerprint density at radius 3 is 2.74 bits per heavy atom.